The van der Waals surface area contributed by atoms with Crippen LogP contribution in [0.25, 0.3) is 0 Å². The minimum atomic E-state index is -0.114. The Morgan fingerprint density at radius 2 is 1.62 bits per heavy atom. The van der Waals surface area contributed by atoms with Crippen molar-refractivity contribution in [2.24, 2.45) is 0 Å². The molecular weight excluding hydrogens is 344 g/mol. The summed E-state index contributed by atoms with van der Waals surface area (Å²) < 4.78 is 0. The van der Waals surface area contributed by atoms with E-state index in [2.05, 4.69) is 44.4 Å². The number of benzene rings is 1. The van der Waals surface area contributed by atoms with Crippen LogP contribution in [0.2, 0.25) is 0 Å². The van der Waals surface area contributed by atoms with Crippen LogP contribution < -0.4 is 15.1 Å². The zero-order chi connectivity index (χ0) is 17.8. The molecule has 6 heteroatoms. The molecule has 0 radical (unpaired) electrons. The molecular formula is C20H20N4OS. The average molecular weight is 364 g/mol. The predicted molar refractivity (Wildman–Crippen MR) is 107 cm³/mol. The number of nitrogens with one attached hydrogen (secondary N) is 1. The van der Waals surface area contributed by atoms with Gasteiger partial charge in [-0.05, 0) is 35.7 Å². The molecule has 1 amide bonds. The van der Waals surface area contributed by atoms with E-state index >= 15 is 0 Å². The Labute approximate surface area is 156 Å². The number of piperazine rings is 1. The number of anilines is 3. The maximum Gasteiger partial charge on any atom is 0.266 e. The monoisotopic (exact) mass is 364 g/mol. The summed E-state index contributed by atoms with van der Waals surface area (Å²) in [6.45, 7) is 3.89. The van der Waals surface area contributed by atoms with E-state index in [4.69, 9.17) is 0 Å². The molecule has 132 valence electrons. The SMILES string of the molecule is O=C(Nc1ccc(N2CCN(c3ccccc3)CC2)cn1)c1cccs1. The molecule has 1 fully saturated rings. The van der Waals surface area contributed by atoms with Crippen molar-refractivity contribution in [2.45, 2.75) is 0 Å². The van der Waals surface area contributed by atoms with Gasteiger partial charge >= 0.3 is 0 Å². The molecule has 2 aromatic heterocycles. The van der Waals surface area contributed by atoms with Crippen molar-refractivity contribution >= 4 is 34.4 Å². The number of hydrogen-bond donors (Lipinski definition) is 1. The number of carbonyl (C=O) groups is 1. The van der Waals surface area contributed by atoms with E-state index in [0.717, 1.165) is 31.9 Å². The van der Waals surface area contributed by atoms with Gasteiger partial charge in [0.15, 0.2) is 0 Å². The smallest absolute Gasteiger partial charge is 0.266 e. The molecule has 0 spiro atoms. The fourth-order valence-electron chi connectivity index (χ4n) is 3.09. The van der Waals surface area contributed by atoms with Crippen LogP contribution >= 0.6 is 11.3 Å². The molecule has 0 atom stereocenters. The molecule has 0 bridgehead atoms. The number of pyridine rings is 1. The largest absolute Gasteiger partial charge is 0.368 e. The second-order valence-electron chi connectivity index (χ2n) is 6.14. The number of carbonyl (C=O) groups excluding carboxylic acids is 1. The van der Waals surface area contributed by atoms with Crippen molar-refractivity contribution in [3.05, 3.63) is 71.1 Å². The number of rotatable bonds is 4. The second-order valence-corrected chi connectivity index (χ2v) is 7.09. The zero-order valence-electron chi connectivity index (χ0n) is 14.3. The van der Waals surface area contributed by atoms with Crippen LogP contribution in [0.15, 0.2) is 66.2 Å². The number of hydrogen-bond acceptors (Lipinski definition) is 5. The lowest BCUT2D eigenvalue weighted by Gasteiger charge is -2.37. The van der Waals surface area contributed by atoms with Gasteiger partial charge in [-0.1, -0.05) is 24.3 Å². The molecule has 1 aliphatic rings. The molecule has 4 rings (SSSR count). The van der Waals surface area contributed by atoms with Crippen molar-refractivity contribution in [1.82, 2.24) is 4.98 Å². The molecule has 5 nitrogen and oxygen atoms in total. The summed E-state index contributed by atoms with van der Waals surface area (Å²) in [6, 6.07) is 18.1. The third kappa shape index (κ3) is 3.70. The lowest BCUT2D eigenvalue weighted by Crippen LogP contribution is -2.46. The average Bonchev–Trinajstić information content (AvgIpc) is 3.25. The first kappa shape index (κ1) is 16.6. The van der Waals surface area contributed by atoms with Crippen LogP contribution in [0.5, 0.6) is 0 Å². The Morgan fingerprint density at radius 1 is 0.885 bits per heavy atom. The Balaban J connectivity index is 1.35. The van der Waals surface area contributed by atoms with Crippen molar-refractivity contribution in [1.29, 1.82) is 0 Å². The van der Waals surface area contributed by atoms with E-state index in [1.54, 1.807) is 6.07 Å². The Bertz CT molecular complexity index is 841. The van der Waals surface area contributed by atoms with Crippen molar-refractivity contribution in [3.63, 3.8) is 0 Å². The maximum atomic E-state index is 12.1. The first-order valence-corrected chi connectivity index (χ1v) is 9.53. The number of aromatic nitrogens is 1. The minimum absolute atomic E-state index is 0.114. The lowest BCUT2D eigenvalue weighted by molar-refractivity contribution is 0.103. The van der Waals surface area contributed by atoms with E-state index in [0.29, 0.717) is 10.7 Å². The second kappa shape index (κ2) is 7.58. The van der Waals surface area contributed by atoms with Gasteiger partial charge in [0.25, 0.3) is 5.91 Å². The molecule has 1 N–H and O–H groups in total. The highest BCUT2D eigenvalue weighted by molar-refractivity contribution is 7.12. The zero-order valence-corrected chi connectivity index (χ0v) is 15.2. The van der Waals surface area contributed by atoms with Gasteiger partial charge in [-0.25, -0.2) is 4.98 Å². The fraction of sp³-hybridized carbons (Fsp3) is 0.200. The fourth-order valence-corrected chi connectivity index (χ4v) is 3.71. The predicted octanol–water partition coefficient (Wildman–Crippen LogP) is 3.72. The van der Waals surface area contributed by atoms with Gasteiger partial charge < -0.3 is 15.1 Å². The Morgan fingerprint density at radius 3 is 2.23 bits per heavy atom. The third-order valence-electron chi connectivity index (χ3n) is 4.50. The summed E-state index contributed by atoms with van der Waals surface area (Å²) in [7, 11) is 0. The van der Waals surface area contributed by atoms with Crippen molar-refractivity contribution < 1.29 is 4.79 Å². The van der Waals surface area contributed by atoms with Gasteiger partial charge in [0.05, 0.1) is 16.8 Å². The number of thiophene rings is 1. The number of nitrogens with zero attached hydrogens (tertiary/aromatic N) is 3. The quantitative estimate of drug-likeness (QED) is 0.766. The van der Waals surface area contributed by atoms with Gasteiger partial charge in [-0.2, -0.15) is 0 Å². The van der Waals surface area contributed by atoms with Crippen molar-refractivity contribution in [3.8, 4) is 0 Å². The highest BCUT2D eigenvalue weighted by Crippen LogP contribution is 2.21. The molecule has 3 heterocycles. The van der Waals surface area contributed by atoms with Crippen LogP contribution in [-0.4, -0.2) is 37.1 Å². The van der Waals surface area contributed by atoms with E-state index in [1.165, 1.54) is 17.0 Å². The molecule has 0 saturated carbocycles. The van der Waals surface area contributed by atoms with E-state index < -0.39 is 0 Å². The standard InChI is InChI=1S/C20H20N4OS/c25-20(18-7-4-14-26-18)22-19-9-8-17(15-21-19)24-12-10-23(11-13-24)16-5-2-1-3-6-16/h1-9,14-15H,10-13H2,(H,21,22,25). The molecule has 1 aromatic carbocycles. The first-order chi connectivity index (χ1) is 12.8. The van der Waals surface area contributed by atoms with Crippen LogP contribution in [0.1, 0.15) is 9.67 Å². The molecule has 0 aliphatic carbocycles. The summed E-state index contributed by atoms with van der Waals surface area (Å²) in [4.78, 5) is 21.9. The summed E-state index contributed by atoms with van der Waals surface area (Å²) in [5.41, 5.74) is 2.36. The molecule has 3 aromatic rings. The molecule has 1 saturated heterocycles. The van der Waals surface area contributed by atoms with Crippen LogP contribution in [0, 0.1) is 0 Å². The van der Waals surface area contributed by atoms with Crippen molar-refractivity contribution in [2.75, 3.05) is 41.3 Å². The molecule has 1 aliphatic heterocycles. The van der Waals surface area contributed by atoms with Crippen LogP contribution in [-0.2, 0) is 0 Å². The number of para-hydroxylation sites is 1. The van der Waals surface area contributed by atoms with Gasteiger partial charge in [-0.15, -0.1) is 11.3 Å². The van der Waals surface area contributed by atoms with Gasteiger partial charge in [0, 0.05) is 31.9 Å². The van der Waals surface area contributed by atoms with E-state index in [-0.39, 0.29) is 5.91 Å². The van der Waals surface area contributed by atoms with E-state index in [1.807, 2.05) is 35.8 Å². The van der Waals surface area contributed by atoms with Crippen LogP contribution in [0.3, 0.4) is 0 Å². The summed E-state index contributed by atoms with van der Waals surface area (Å²) >= 11 is 1.42. The lowest BCUT2D eigenvalue weighted by atomic mass is 10.2. The molecule has 26 heavy (non-hydrogen) atoms. The maximum absolute atomic E-state index is 12.1. The Hall–Kier alpha value is -2.86. The molecule has 0 unspecified atom stereocenters. The summed E-state index contributed by atoms with van der Waals surface area (Å²) in [5.74, 6) is 0.465. The minimum Gasteiger partial charge on any atom is -0.368 e. The normalized spacial score (nSPS) is 14.3. The van der Waals surface area contributed by atoms with Gasteiger partial charge in [0.2, 0.25) is 0 Å². The topological polar surface area (TPSA) is 48.5 Å². The van der Waals surface area contributed by atoms with E-state index in [9.17, 15) is 4.79 Å². The summed E-state index contributed by atoms with van der Waals surface area (Å²) in [5, 5.41) is 4.73. The Kier molecular flexibility index (Phi) is 4.84. The van der Waals surface area contributed by atoms with Gasteiger partial charge in [-0.3, -0.25) is 4.79 Å². The summed E-state index contributed by atoms with van der Waals surface area (Å²) in [6.07, 6.45) is 1.84. The first-order valence-electron chi connectivity index (χ1n) is 8.65. The highest BCUT2D eigenvalue weighted by Gasteiger charge is 2.17. The van der Waals surface area contributed by atoms with Gasteiger partial charge in [0.1, 0.15) is 5.82 Å². The third-order valence-corrected chi connectivity index (χ3v) is 5.37. The van der Waals surface area contributed by atoms with Crippen LogP contribution in [0.4, 0.5) is 17.2 Å². The number of amides is 1. The highest BCUT2D eigenvalue weighted by atomic mass is 32.1.